The van der Waals surface area contributed by atoms with E-state index in [0.29, 0.717) is 6.42 Å². The van der Waals surface area contributed by atoms with E-state index in [1.807, 2.05) is 6.08 Å². The van der Waals surface area contributed by atoms with E-state index in [1.54, 1.807) is 6.08 Å². The lowest BCUT2D eigenvalue weighted by molar-refractivity contribution is -0.123. The molecule has 0 rings (SSSR count). The Labute approximate surface area is 328 Å². The van der Waals surface area contributed by atoms with E-state index in [4.69, 9.17) is 0 Å². The molecule has 0 spiro atoms. The molecule has 0 saturated heterocycles. The van der Waals surface area contributed by atoms with Gasteiger partial charge in [0.2, 0.25) is 5.91 Å². The van der Waals surface area contributed by atoms with Crippen molar-refractivity contribution in [2.75, 3.05) is 6.61 Å². The van der Waals surface area contributed by atoms with Crippen molar-refractivity contribution >= 4 is 5.91 Å². The van der Waals surface area contributed by atoms with Gasteiger partial charge in [-0.1, -0.05) is 201 Å². The SMILES string of the molecule is CC/C=C\C/C=C\C/C=C\C/C=C\C/C=C\C/C=C\C/C=C\CCCCCCCCCCCC(=O)NC(CO)C(O)/C=C/CCCCCCCCCC. The summed E-state index contributed by atoms with van der Waals surface area (Å²) in [6.45, 7) is 4.15. The summed E-state index contributed by atoms with van der Waals surface area (Å²) in [5.41, 5.74) is 0. The average molecular weight is 734 g/mol. The summed E-state index contributed by atoms with van der Waals surface area (Å²) >= 11 is 0. The molecular weight excluding hydrogens is 651 g/mol. The Morgan fingerprint density at radius 2 is 0.830 bits per heavy atom. The van der Waals surface area contributed by atoms with Gasteiger partial charge in [0.15, 0.2) is 0 Å². The molecule has 53 heavy (non-hydrogen) atoms. The third-order valence-electron chi connectivity index (χ3n) is 9.32. The lowest BCUT2D eigenvalue weighted by Crippen LogP contribution is -2.45. The molecule has 0 aliphatic carbocycles. The quantitative estimate of drug-likeness (QED) is 0.0437. The number of hydrogen-bond donors (Lipinski definition) is 3. The summed E-state index contributed by atoms with van der Waals surface area (Å²) in [7, 11) is 0. The lowest BCUT2D eigenvalue weighted by atomic mass is 10.0. The maximum Gasteiger partial charge on any atom is 0.220 e. The summed E-state index contributed by atoms with van der Waals surface area (Å²) in [4.78, 5) is 12.3. The Balaban J connectivity index is 3.62. The Morgan fingerprint density at radius 3 is 1.25 bits per heavy atom. The van der Waals surface area contributed by atoms with Crippen molar-refractivity contribution in [1.29, 1.82) is 0 Å². The Hall–Kier alpha value is -2.69. The molecule has 0 aromatic rings. The predicted molar refractivity (Wildman–Crippen MR) is 234 cm³/mol. The van der Waals surface area contributed by atoms with Gasteiger partial charge in [-0.15, -0.1) is 0 Å². The van der Waals surface area contributed by atoms with E-state index in [0.717, 1.165) is 77.0 Å². The standard InChI is InChI=1S/C49H83NO3/c1-3-5-7-9-11-13-15-16-17-18-19-20-21-22-23-24-25-26-27-28-29-30-31-32-33-34-35-37-39-41-43-45-49(53)50-47(46-51)48(52)44-42-40-38-36-14-12-10-8-6-4-2/h5,7,11,13,16-17,19-20,22-23,25-26,28-29,42,44,47-48,51-52H,3-4,6,8-10,12,14-15,18,21,24,27,30-41,43,45-46H2,1-2H3,(H,50,53)/b7-5-,13-11-,17-16-,20-19-,23-22-,26-25-,29-28-,44-42+. The normalized spacial score (nSPS) is 14.0. The first-order chi connectivity index (χ1) is 26.2. The Morgan fingerprint density at radius 1 is 0.472 bits per heavy atom. The van der Waals surface area contributed by atoms with Crippen molar-refractivity contribution in [3.8, 4) is 0 Å². The highest BCUT2D eigenvalue weighted by Gasteiger charge is 2.17. The fraction of sp³-hybridized carbons (Fsp3) is 0.653. The van der Waals surface area contributed by atoms with Crippen LogP contribution in [0.15, 0.2) is 97.2 Å². The minimum Gasteiger partial charge on any atom is -0.394 e. The van der Waals surface area contributed by atoms with E-state index in [2.05, 4.69) is 104 Å². The summed E-state index contributed by atoms with van der Waals surface area (Å²) < 4.78 is 0. The van der Waals surface area contributed by atoms with Gasteiger partial charge in [-0.25, -0.2) is 0 Å². The minimum atomic E-state index is -0.845. The van der Waals surface area contributed by atoms with Gasteiger partial charge < -0.3 is 15.5 Å². The van der Waals surface area contributed by atoms with Crippen LogP contribution in [0, 0.1) is 0 Å². The first kappa shape index (κ1) is 50.3. The van der Waals surface area contributed by atoms with Crippen molar-refractivity contribution in [2.45, 2.75) is 199 Å². The maximum absolute atomic E-state index is 12.3. The highest BCUT2D eigenvalue weighted by molar-refractivity contribution is 5.76. The van der Waals surface area contributed by atoms with Gasteiger partial charge in [0, 0.05) is 6.42 Å². The van der Waals surface area contributed by atoms with Crippen LogP contribution in [0.1, 0.15) is 187 Å². The molecular formula is C49H83NO3. The number of hydrogen-bond acceptors (Lipinski definition) is 3. The van der Waals surface area contributed by atoms with Gasteiger partial charge in [-0.3, -0.25) is 4.79 Å². The third kappa shape index (κ3) is 40.3. The number of aliphatic hydroxyl groups is 2. The van der Waals surface area contributed by atoms with Crippen molar-refractivity contribution in [3.05, 3.63) is 97.2 Å². The van der Waals surface area contributed by atoms with Gasteiger partial charge in [0.1, 0.15) is 0 Å². The van der Waals surface area contributed by atoms with Crippen LogP contribution in [0.5, 0.6) is 0 Å². The third-order valence-corrected chi connectivity index (χ3v) is 9.32. The minimum absolute atomic E-state index is 0.0778. The van der Waals surface area contributed by atoms with Gasteiger partial charge in [-0.05, 0) is 77.0 Å². The van der Waals surface area contributed by atoms with E-state index in [-0.39, 0.29) is 12.5 Å². The van der Waals surface area contributed by atoms with Crippen LogP contribution >= 0.6 is 0 Å². The smallest absolute Gasteiger partial charge is 0.220 e. The van der Waals surface area contributed by atoms with Gasteiger partial charge >= 0.3 is 0 Å². The molecule has 0 bridgehead atoms. The van der Waals surface area contributed by atoms with Gasteiger partial charge in [-0.2, -0.15) is 0 Å². The molecule has 302 valence electrons. The maximum atomic E-state index is 12.3. The van der Waals surface area contributed by atoms with E-state index in [9.17, 15) is 15.0 Å². The topological polar surface area (TPSA) is 69.6 Å². The zero-order valence-electron chi connectivity index (χ0n) is 34.5. The molecule has 3 N–H and O–H groups in total. The van der Waals surface area contributed by atoms with Crippen LogP contribution in [0.2, 0.25) is 0 Å². The van der Waals surface area contributed by atoms with Crippen molar-refractivity contribution in [1.82, 2.24) is 5.32 Å². The molecule has 0 saturated carbocycles. The van der Waals surface area contributed by atoms with Crippen LogP contribution in [-0.4, -0.2) is 34.9 Å². The van der Waals surface area contributed by atoms with Gasteiger partial charge in [0.05, 0.1) is 18.8 Å². The van der Waals surface area contributed by atoms with Crippen LogP contribution < -0.4 is 5.32 Å². The van der Waals surface area contributed by atoms with Gasteiger partial charge in [0.25, 0.3) is 0 Å². The summed E-state index contributed by atoms with van der Waals surface area (Å²) in [5, 5.41) is 22.9. The van der Waals surface area contributed by atoms with Crippen LogP contribution in [0.4, 0.5) is 0 Å². The molecule has 4 nitrogen and oxygen atoms in total. The molecule has 2 unspecified atom stereocenters. The second-order valence-electron chi connectivity index (χ2n) is 14.4. The Bertz CT molecular complexity index is 1010. The van der Waals surface area contributed by atoms with Crippen molar-refractivity contribution in [2.24, 2.45) is 0 Å². The number of aliphatic hydroxyl groups excluding tert-OH is 2. The highest BCUT2D eigenvalue weighted by atomic mass is 16.3. The molecule has 0 aliphatic heterocycles. The zero-order valence-corrected chi connectivity index (χ0v) is 34.5. The largest absolute Gasteiger partial charge is 0.394 e. The molecule has 0 aromatic carbocycles. The number of allylic oxidation sites excluding steroid dienone is 15. The molecule has 0 aliphatic rings. The molecule has 0 heterocycles. The van der Waals surface area contributed by atoms with E-state index >= 15 is 0 Å². The zero-order chi connectivity index (χ0) is 38.6. The first-order valence-electron chi connectivity index (χ1n) is 22.0. The summed E-state index contributed by atoms with van der Waals surface area (Å²) in [6, 6.07) is -0.629. The number of amides is 1. The van der Waals surface area contributed by atoms with E-state index < -0.39 is 12.1 Å². The molecule has 0 aromatic heterocycles. The lowest BCUT2D eigenvalue weighted by Gasteiger charge is -2.20. The van der Waals surface area contributed by atoms with Crippen molar-refractivity contribution in [3.63, 3.8) is 0 Å². The molecule has 0 radical (unpaired) electrons. The summed E-state index contributed by atoms with van der Waals surface area (Å²) in [5.74, 6) is -0.0778. The second-order valence-corrected chi connectivity index (χ2v) is 14.4. The molecule has 1 amide bonds. The Kier molecular flexibility index (Phi) is 41.5. The monoisotopic (exact) mass is 734 g/mol. The number of carbonyl (C=O) groups is 1. The molecule has 0 fully saturated rings. The van der Waals surface area contributed by atoms with Crippen LogP contribution in [0.3, 0.4) is 0 Å². The number of nitrogens with one attached hydrogen (secondary N) is 1. The fourth-order valence-corrected chi connectivity index (χ4v) is 5.98. The fourth-order valence-electron chi connectivity index (χ4n) is 5.98. The summed E-state index contributed by atoms with van der Waals surface area (Å²) in [6.07, 6.45) is 65.1. The molecule has 2 atom stereocenters. The molecule has 4 heteroatoms. The van der Waals surface area contributed by atoms with Crippen LogP contribution in [0.25, 0.3) is 0 Å². The predicted octanol–water partition coefficient (Wildman–Crippen LogP) is 13.8. The van der Waals surface area contributed by atoms with Crippen molar-refractivity contribution < 1.29 is 15.0 Å². The highest BCUT2D eigenvalue weighted by Crippen LogP contribution is 2.13. The van der Waals surface area contributed by atoms with Crippen LogP contribution in [-0.2, 0) is 4.79 Å². The number of rotatable bonds is 38. The number of unbranched alkanes of at least 4 members (excludes halogenated alkanes) is 17. The number of carbonyl (C=O) groups excluding carboxylic acids is 1. The van der Waals surface area contributed by atoms with E-state index in [1.165, 1.54) is 89.9 Å². The first-order valence-corrected chi connectivity index (χ1v) is 22.0. The average Bonchev–Trinajstić information content (AvgIpc) is 3.16. The second kappa shape index (κ2) is 43.7.